The normalized spacial score (nSPS) is 15.3. The number of hydrogen-bond donors (Lipinski definition) is 3. The molecular formula is C19H25N3O6. The number of nitrogens with one attached hydrogen (secondary N) is 2. The van der Waals surface area contributed by atoms with Gasteiger partial charge in [-0.05, 0) is 18.8 Å². The molecule has 0 radical (unpaired) electrons. The minimum Gasteiger partial charge on any atom is -0.479 e. The predicted octanol–water partition coefficient (Wildman–Crippen LogP) is -0.185. The van der Waals surface area contributed by atoms with Crippen molar-refractivity contribution < 1.29 is 29.1 Å². The molecule has 1 aliphatic heterocycles. The molecule has 0 fully saturated rings. The molecule has 4 amide bonds. The Balaban J connectivity index is 2.38. The van der Waals surface area contributed by atoms with E-state index in [-0.39, 0.29) is 30.1 Å². The highest BCUT2D eigenvalue weighted by Crippen LogP contribution is 2.09. The molecule has 0 aromatic heterocycles. The summed E-state index contributed by atoms with van der Waals surface area (Å²) >= 11 is 0. The van der Waals surface area contributed by atoms with Gasteiger partial charge in [-0.3, -0.25) is 24.1 Å². The quantitative estimate of drug-likeness (QED) is 0.254. The molecule has 0 spiro atoms. The van der Waals surface area contributed by atoms with Gasteiger partial charge in [-0.2, -0.15) is 0 Å². The molecule has 1 heterocycles. The first-order chi connectivity index (χ1) is 13.2. The lowest BCUT2D eigenvalue weighted by molar-refractivity contribution is -0.141. The summed E-state index contributed by atoms with van der Waals surface area (Å²) < 4.78 is 0. The molecule has 0 saturated heterocycles. The highest BCUT2D eigenvalue weighted by molar-refractivity contribution is 6.12. The van der Waals surface area contributed by atoms with Crippen LogP contribution in [-0.2, 0) is 24.0 Å². The Kier molecular flexibility index (Phi) is 8.88. The fourth-order valence-corrected chi connectivity index (χ4v) is 2.57. The summed E-state index contributed by atoms with van der Waals surface area (Å²) in [5, 5.41) is 13.7. The summed E-state index contributed by atoms with van der Waals surface area (Å²) in [7, 11) is 0. The van der Waals surface area contributed by atoms with Gasteiger partial charge in [0.2, 0.25) is 11.8 Å². The van der Waals surface area contributed by atoms with Gasteiger partial charge >= 0.3 is 5.97 Å². The van der Waals surface area contributed by atoms with Crippen LogP contribution in [0.3, 0.4) is 0 Å². The standard InChI is InChI=1S/C19H25N3O6/c1-4-13(19(27)28)20-18(26)17(12(2)3)21-14(23)8-6-5-7-11-22-15(24)9-10-16(22)25/h1,9-10,12-13,17H,5-8,11H2,2-3H3,(H,20,26)(H,21,23)(H,27,28)/t13-,17-/m0/s1. The Bertz CT molecular complexity index is 689. The Morgan fingerprint density at radius 3 is 2.21 bits per heavy atom. The van der Waals surface area contributed by atoms with Crippen molar-refractivity contribution >= 4 is 29.6 Å². The molecule has 0 aromatic carbocycles. The van der Waals surface area contributed by atoms with Gasteiger partial charge < -0.3 is 15.7 Å². The summed E-state index contributed by atoms with van der Waals surface area (Å²) in [5.74, 6) is -1.34. The van der Waals surface area contributed by atoms with Crippen LogP contribution in [0.15, 0.2) is 12.2 Å². The molecule has 0 saturated carbocycles. The lowest BCUT2D eigenvalue weighted by Gasteiger charge is -2.22. The van der Waals surface area contributed by atoms with Crippen LogP contribution in [0.1, 0.15) is 39.5 Å². The molecule has 0 aliphatic carbocycles. The van der Waals surface area contributed by atoms with Crippen molar-refractivity contribution in [2.75, 3.05) is 6.54 Å². The molecule has 0 aromatic rings. The second kappa shape index (κ2) is 10.9. The maximum Gasteiger partial charge on any atom is 0.338 e. The number of nitrogens with zero attached hydrogens (tertiary/aromatic N) is 1. The van der Waals surface area contributed by atoms with E-state index < -0.39 is 24.0 Å². The zero-order valence-corrected chi connectivity index (χ0v) is 15.9. The summed E-state index contributed by atoms with van der Waals surface area (Å²) in [6.45, 7) is 3.73. The van der Waals surface area contributed by atoms with Gasteiger partial charge in [-0.15, -0.1) is 6.42 Å². The second-order valence-corrected chi connectivity index (χ2v) is 6.71. The fraction of sp³-hybridized carbons (Fsp3) is 0.526. The van der Waals surface area contributed by atoms with Crippen molar-refractivity contribution in [3.8, 4) is 12.3 Å². The third-order valence-corrected chi connectivity index (χ3v) is 4.15. The molecule has 152 valence electrons. The number of rotatable bonds is 11. The number of imide groups is 1. The zero-order chi connectivity index (χ0) is 21.3. The molecule has 1 aliphatic rings. The maximum absolute atomic E-state index is 12.2. The summed E-state index contributed by atoms with van der Waals surface area (Å²) in [4.78, 5) is 59.2. The van der Waals surface area contributed by atoms with Crippen LogP contribution in [-0.4, -0.2) is 58.2 Å². The number of carbonyl (C=O) groups excluding carboxylic acids is 4. The molecule has 9 nitrogen and oxygen atoms in total. The molecule has 2 atom stereocenters. The van der Waals surface area contributed by atoms with E-state index in [0.29, 0.717) is 25.8 Å². The molecule has 0 bridgehead atoms. The van der Waals surface area contributed by atoms with Gasteiger partial charge in [0.15, 0.2) is 6.04 Å². The van der Waals surface area contributed by atoms with E-state index in [9.17, 15) is 24.0 Å². The van der Waals surface area contributed by atoms with Gasteiger partial charge in [0.1, 0.15) is 6.04 Å². The van der Waals surface area contributed by atoms with Crippen molar-refractivity contribution in [2.45, 2.75) is 51.6 Å². The van der Waals surface area contributed by atoms with Crippen molar-refractivity contribution in [3.05, 3.63) is 12.2 Å². The van der Waals surface area contributed by atoms with Gasteiger partial charge in [0.25, 0.3) is 11.8 Å². The topological polar surface area (TPSA) is 133 Å². The predicted molar refractivity (Wildman–Crippen MR) is 99.5 cm³/mol. The largest absolute Gasteiger partial charge is 0.479 e. The van der Waals surface area contributed by atoms with E-state index in [1.807, 2.05) is 5.92 Å². The lowest BCUT2D eigenvalue weighted by atomic mass is 10.0. The molecular weight excluding hydrogens is 366 g/mol. The van der Waals surface area contributed by atoms with Crippen molar-refractivity contribution in [2.24, 2.45) is 5.92 Å². The fourth-order valence-electron chi connectivity index (χ4n) is 2.57. The van der Waals surface area contributed by atoms with E-state index in [1.165, 1.54) is 12.2 Å². The number of terminal acetylenes is 1. The zero-order valence-electron chi connectivity index (χ0n) is 15.9. The molecule has 0 unspecified atom stereocenters. The van der Waals surface area contributed by atoms with Gasteiger partial charge in [0.05, 0.1) is 0 Å². The number of aliphatic carboxylic acids is 1. The number of carboxylic acid groups (broad SMARTS) is 1. The smallest absolute Gasteiger partial charge is 0.338 e. The van der Waals surface area contributed by atoms with Crippen molar-refractivity contribution in [1.29, 1.82) is 0 Å². The number of carboxylic acids is 1. The van der Waals surface area contributed by atoms with Gasteiger partial charge in [-0.25, -0.2) is 4.79 Å². The summed E-state index contributed by atoms with van der Waals surface area (Å²) in [6.07, 6.45) is 9.40. The molecule has 1 rings (SSSR count). The van der Waals surface area contributed by atoms with E-state index in [1.54, 1.807) is 13.8 Å². The molecule has 28 heavy (non-hydrogen) atoms. The van der Waals surface area contributed by atoms with Crippen LogP contribution >= 0.6 is 0 Å². The SMILES string of the molecule is C#C[C@H](NC(=O)[C@@H](NC(=O)CCCCCN1C(=O)C=CC1=O)C(C)C)C(=O)O. The summed E-state index contributed by atoms with van der Waals surface area (Å²) in [6, 6.07) is -2.37. The summed E-state index contributed by atoms with van der Waals surface area (Å²) in [5.41, 5.74) is 0. The van der Waals surface area contributed by atoms with Crippen LogP contribution in [0, 0.1) is 18.3 Å². The first-order valence-electron chi connectivity index (χ1n) is 8.99. The Morgan fingerprint density at radius 2 is 1.71 bits per heavy atom. The lowest BCUT2D eigenvalue weighted by Crippen LogP contribution is -2.53. The first-order valence-corrected chi connectivity index (χ1v) is 8.99. The average Bonchev–Trinajstić information content (AvgIpc) is 2.94. The van der Waals surface area contributed by atoms with Crippen LogP contribution in [0.25, 0.3) is 0 Å². The van der Waals surface area contributed by atoms with E-state index in [4.69, 9.17) is 11.5 Å². The van der Waals surface area contributed by atoms with Crippen LogP contribution in [0.5, 0.6) is 0 Å². The highest BCUT2D eigenvalue weighted by atomic mass is 16.4. The number of carbonyl (C=O) groups is 5. The minimum atomic E-state index is -1.46. The molecule has 9 heteroatoms. The van der Waals surface area contributed by atoms with Gasteiger partial charge in [-0.1, -0.05) is 26.2 Å². The number of unbranched alkanes of at least 4 members (excludes halogenated alkanes) is 2. The molecule has 3 N–H and O–H groups in total. The average molecular weight is 391 g/mol. The van der Waals surface area contributed by atoms with Crippen molar-refractivity contribution in [3.63, 3.8) is 0 Å². The Hall–Kier alpha value is -3.15. The third kappa shape index (κ3) is 6.87. The van der Waals surface area contributed by atoms with E-state index >= 15 is 0 Å². The van der Waals surface area contributed by atoms with Gasteiger partial charge in [0, 0.05) is 25.1 Å². The van der Waals surface area contributed by atoms with E-state index in [0.717, 1.165) is 4.90 Å². The van der Waals surface area contributed by atoms with Crippen LogP contribution in [0.4, 0.5) is 0 Å². The van der Waals surface area contributed by atoms with Crippen LogP contribution in [0.2, 0.25) is 0 Å². The second-order valence-electron chi connectivity index (χ2n) is 6.71. The van der Waals surface area contributed by atoms with Crippen LogP contribution < -0.4 is 10.6 Å². The maximum atomic E-state index is 12.2. The minimum absolute atomic E-state index is 0.161. The monoisotopic (exact) mass is 391 g/mol. The number of amides is 4. The highest BCUT2D eigenvalue weighted by Gasteiger charge is 2.27. The van der Waals surface area contributed by atoms with Crippen molar-refractivity contribution in [1.82, 2.24) is 15.5 Å². The Labute approximate surface area is 163 Å². The number of hydrogen-bond acceptors (Lipinski definition) is 5. The van der Waals surface area contributed by atoms with E-state index in [2.05, 4.69) is 10.6 Å². The third-order valence-electron chi connectivity index (χ3n) is 4.15. The first kappa shape index (κ1) is 22.9. The Morgan fingerprint density at radius 1 is 1.11 bits per heavy atom.